The molecule has 0 aliphatic carbocycles. The van der Waals surface area contributed by atoms with E-state index < -0.39 is 0 Å². The minimum atomic E-state index is 0.0301. The van der Waals surface area contributed by atoms with Gasteiger partial charge in [0.1, 0.15) is 0 Å². The number of aryl methyl sites for hydroxylation is 1. The molecule has 1 saturated heterocycles. The first-order chi connectivity index (χ1) is 8.24. The molecular weight excluding hydrogens is 232 g/mol. The van der Waals surface area contributed by atoms with Crippen LogP contribution in [0.15, 0.2) is 23.0 Å². The summed E-state index contributed by atoms with van der Waals surface area (Å²) in [5, 5.41) is 0. The van der Waals surface area contributed by atoms with Gasteiger partial charge in [-0.05, 0) is 48.5 Å². The standard InChI is InChI=1S/C13H16N2OS/c1-9-2-3-12-11(6-9)14-13(16)15(12)7-10-4-5-17-8-10/h2-3,6,10H,4-5,7-8H2,1H3,(H,14,16). The van der Waals surface area contributed by atoms with E-state index in [4.69, 9.17) is 0 Å². The molecule has 1 aromatic heterocycles. The van der Waals surface area contributed by atoms with Crippen LogP contribution in [0.3, 0.4) is 0 Å². The minimum absolute atomic E-state index is 0.0301. The number of nitrogens with one attached hydrogen (secondary N) is 1. The molecule has 17 heavy (non-hydrogen) atoms. The van der Waals surface area contributed by atoms with Crippen molar-refractivity contribution < 1.29 is 0 Å². The third-order valence-corrected chi connectivity index (χ3v) is 4.63. The molecule has 1 unspecified atom stereocenters. The fourth-order valence-electron chi connectivity index (χ4n) is 2.44. The van der Waals surface area contributed by atoms with Crippen molar-refractivity contribution in [3.8, 4) is 0 Å². The Hall–Kier alpha value is -1.16. The van der Waals surface area contributed by atoms with Gasteiger partial charge in [0, 0.05) is 6.54 Å². The normalized spacial score (nSPS) is 20.2. The molecule has 4 heteroatoms. The lowest BCUT2D eigenvalue weighted by Gasteiger charge is -2.09. The van der Waals surface area contributed by atoms with E-state index in [0.29, 0.717) is 5.92 Å². The van der Waals surface area contributed by atoms with Gasteiger partial charge >= 0.3 is 5.69 Å². The summed E-state index contributed by atoms with van der Waals surface area (Å²) in [4.78, 5) is 14.9. The van der Waals surface area contributed by atoms with Gasteiger partial charge in [-0.2, -0.15) is 11.8 Å². The van der Waals surface area contributed by atoms with Gasteiger partial charge in [-0.3, -0.25) is 4.57 Å². The van der Waals surface area contributed by atoms with Crippen LogP contribution in [0.25, 0.3) is 11.0 Å². The number of rotatable bonds is 2. The van der Waals surface area contributed by atoms with Crippen LogP contribution < -0.4 is 5.69 Å². The number of benzene rings is 1. The molecule has 3 nitrogen and oxygen atoms in total. The van der Waals surface area contributed by atoms with Crippen molar-refractivity contribution in [1.82, 2.24) is 9.55 Å². The molecule has 3 rings (SSSR count). The first-order valence-corrected chi connectivity index (χ1v) is 7.16. The highest BCUT2D eigenvalue weighted by molar-refractivity contribution is 7.99. The lowest BCUT2D eigenvalue weighted by Crippen LogP contribution is -2.21. The number of imidazole rings is 1. The molecule has 0 bridgehead atoms. The van der Waals surface area contributed by atoms with E-state index in [9.17, 15) is 4.79 Å². The largest absolute Gasteiger partial charge is 0.326 e. The highest BCUT2D eigenvalue weighted by Gasteiger charge is 2.18. The number of H-pyrrole nitrogens is 1. The van der Waals surface area contributed by atoms with E-state index in [0.717, 1.165) is 17.6 Å². The van der Waals surface area contributed by atoms with Crippen molar-refractivity contribution in [3.63, 3.8) is 0 Å². The molecule has 1 aromatic carbocycles. The monoisotopic (exact) mass is 248 g/mol. The predicted molar refractivity (Wildman–Crippen MR) is 72.7 cm³/mol. The van der Waals surface area contributed by atoms with E-state index in [1.54, 1.807) is 0 Å². The minimum Gasteiger partial charge on any atom is -0.306 e. The Labute approximate surface area is 104 Å². The smallest absolute Gasteiger partial charge is 0.306 e. The first-order valence-electron chi connectivity index (χ1n) is 6.01. The topological polar surface area (TPSA) is 37.8 Å². The van der Waals surface area contributed by atoms with Gasteiger partial charge < -0.3 is 4.98 Å². The second-order valence-corrected chi connectivity index (χ2v) is 5.94. The van der Waals surface area contributed by atoms with Crippen LogP contribution in [0.1, 0.15) is 12.0 Å². The van der Waals surface area contributed by atoms with Crippen LogP contribution in [0.4, 0.5) is 0 Å². The number of thioether (sulfide) groups is 1. The number of aromatic amines is 1. The average molecular weight is 248 g/mol. The quantitative estimate of drug-likeness (QED) is 0.886. The summed E-state index contributed by atoms with van der Waals surface area (Å²) in [7, 11) is 0. The summed E-state index contributed by atoms with van der Waals surface area (Å²) in [6, 6.07) is 6.15. The van der Waals surface area contributed by atoms with Gasteiger partial charge in [-0.1, -0.05) is 6.07 Å². The first kappa shape index (κ1) is 11.0. The summed E-state index contributed by atoms with van der Waals surface area (Å²) in [6.45, 7) is 2.90. The van der Waals surface area contributed by atoms with E-state index in [1.807, 2.05) is 35.4 Å². The Morgan fingerprint density at radius 1 is 1.53 bits per heavy atom. The second kappa shape index (κ2) is 4.26. The maximum absolute atomic E-state index is 11.9. The van der Waals surface area contributed by atoms with Crippen molar-refractivity contribution in [2.75, 3.05) is 11.5 Å². The summed E-state index contributed by atoms with van der Waals surface area (Å²) in [5.74, 6) is 3.07. The Balaban J connectivity index is 2.02. The zero-order valence-corrected chi connectivity index (χ0v) is 10.7. The van der Waals surface area contributed by atoms with Crippen molar-refractivity contribution in [1.29, 1.82) is 0 Å². The van der Waals surface area contributed by atoms with Crippen LogP contribution in [0.2, 0.25) is 0 Å². The molecule has 1 atom stereocenters. The molecule has 0 saturated carbocycles. The summed E-state index contributed by atoms with van der Waals surface area (Å²) in [5.41, 5.74) is 3.21. The molecule has 1 N–H and O–H groups in total. The molecule has 0 amide bonds. The Kier molecular flexibility index (Phi) is 2.74. The van der Waals surface area contributed by atoms with Gasteiger partial charge in [0.25, 0.3) is 0 Å². The molecule has 1 aliphatic heterocycles. The van der Waals surface area contributed by atoms with Gasteiger partial charge in [0.15, 0.2) is 0 Å². The highest BCUT2D eigenvalue weighted by atomic mass is 32.2. The maximum Gasteiger partial charge on any atom is 0.326 e. The summed E-state index contributed by atoms with van der Waals surface area (Å²) < 4.78 is 1.89. The molecule has 2 aromatic rings. The fraction of sp³-hybridized carbons (Fsp3) is 0.462. The van der Waals surface area contributed by atoms with Gasteiger partial charge in [-0.15, -0.1) is 0 Å². The fourth-order valence-corrected chi connectivity index (χ4v) is 3.72. The third kappa shape index (κ3) is 2.02. The lowest BCUT2D eigenvalue weighted by molar-refractivity contribution is 0.492. The number of hydrogen-bond acceptors (Lipinski definition) is 2. The van der Waals surface area contributed by atoms with E-state index >= 15 is 0 Å². The zero-order chi connectivity index (χ0) is 11.8. The Morgan fingerprint density at radius 2 is 2.41 bits per heavy atom. The second-order valence-electron chi connectivity index (χ2n) is 4.79. The van der Waals surface area contributed by atoms with Crippen LogP contribution in [-0.2, 0) is 6.54 Å². The molecule has 1 aliphatic rings. The number of fused-ring (bicyclic) bond motifs is 1. The van der Waals surface area contributed by atoms with Crippen LogP contribution >= 0.6 is 11.8 Å². The van der Waals surface area contributed by atoms with E-state index in [2.05, 4.69) is 11.1 Å². The summed E-state index contributed by atoms with van der Waals surface area (Å²) in [6.07, 6.45) is 1.23. The Morgan fingerprint density at radius 3 is 3.18 bits per heavy atom. The van der Waals surface area contributed by atoms with Crippen LogP contribution in [0.5, 0.6) is 0 Å². The third-order valence-electron chi connectivity index (χ3n) is 3.39. The average Bonchev–Trinajstić information content (AvgIpc) is 2.88. The van der Waals surface area contributed by atoms with Crippen molar-refractivity contribution in [2.45, 2.75) is 19.9 Å². The molecule has 2 heterocycles. The van der Waals surface area contributed by atoms with Crippen molar-refractivity contribution >= 4 is 22.8 Å². The molecule has 0 spiro atoms. The summed E-state index contributed by atoms with van der Waals surface area (Å²) >= 11 is 1.99. The van der Waals surface area contributed by atoms with E-state index in [-0.39, 0.29) is 5.69 Å². The number of aromatic nitrogens is 2. The molecular formula is C13H16N2OS. The molecule has 90 valence electrons. The SMILES string of the molecule is Cc1ccc2c(c1)[nH]c(=O)n2CC1CCSC1. The molecule has 0 radical (unpaired) electrons. The van der Waals surface area contributed by atoms with Gasteiger partial charge in [0.2, 0.25) is 0 Å². The lowest BCUT2D eigenvalue weighted by atomic mass is 10.1. The molecule has 1 fully saturated rings. The van der Waals surface area contributed by atoms with Crippen molar-refractivity contribution in [3.05, 3.63) is 34.2 Å². The number of nitrogens with zero attached hydrogens (tertiary/aromatic N) is 1. The van der Waals surface area contributed by atoms with Crippen LogP contribution in [-0.4, -0.2) is 21.1 Å². The Bertz CT molecular complexity index is 593. The number of hydrogen-bond donors (Lipinski definition) is 1. The predicted octanol–water partition coefficient (Wildman–Crippen LogP) is 2.39. The van der Waals surface area contributed by atoms with Gasteiger partial charge in [-0.25, -0.2) is 4.79 Å². The maximum atomic E-state index is 11.9. The van der Waals surface area contributed by atoms with Crippen molar-refractivity contribution in [2.24, 2.45) is 5.92 Å². The van der Waals surface area contributed by atoms with Gasteiger partial charge in [0.05, 0.1) is 11.0 Å². The zero-order valence-electron chi connectivity index (χ0n) is 9.90. The van der Waals surface area contributed by atoms with E-state index in [1.165, 1.54) is 23.5 Å². The highest BCUT2D eigenvalue weighted by Crippen LogP contribution is 2.25. The van der Waals surface area contributed by atoms with Crippen LogP contribution in [0, 0.1) is 12.8 Å².